The smallest absolute Gasteiger partial charge is 0.323 e. The first kappa shape index (κ1) is 14.0. The zero-order chi connectivity index (χ0) is 13.3. The van der Waals surface area contributed by atoms with Gasteiger partial charge in [-0.05, 0) is 13.3 Å². The molecule has 1 aliphatic heterocycles. The molecule has 0 radical (unpaired) electrons. The first-order chi connectivity index (χ1) is 7.69. The van der Waals surface area contributed by atoms with Crippen LogP contribution in [-0.2, 0) is 14.6 Å². The lowest BCUT2D eigenvalue weighted by Gasteiger charge is -2.20. The van der Waals surface area contributed by atoms with Gasteiger partial charge >= 0.3 is 6.03 Å². The van der Waals surface area contributed by atoms with E-state index in [0.717, 1.165) is 17.6 Å². The summed E-state index contributed by atoms with van der Waals surface area (Å²) in [6.07, 6.45) is 2.39. The fraction of sp³-hybridized carbons (Fsp3) is 0.800. The number of nitrogens with zero attached hydrogens (tertiary/aromatic N) is 1. The van der Waals surface area contributed by atoms with Crippen LogP contribution in [0.15, 0.2) is 0 Å². The number of sulfone groups is 1. The predicted octanol–water partition coefficient (Wildman–Crippen LogP) is 0.142. The number of nitrogens with one attached hydrogen (secondary N) is 1. The summed E-state index contributed by atoms with van der Waals surface area (Å²) in [7, 11) is -3.18. The summed E-state index contributed by atoms with van der Waals surface area (Å²) in [5.41, 5.74) is -0.886. The van der Waals surface area contributed by atoms with E-state index in [1.54, 1.807) is 6.92 Å². The maximum Gasteiger partial charge on any atom is 0.325 e. The Bertz CT molecular complexity index is 432. The first-order valence-corrected chi connectivity index (χ1v) is 7.57. The van der Waals surface area contributed by atoms with Crippen LogP contribution in [0.3, 0.4) is 0 Å². The second-order valence-electron chi connectivity index (χ2n) is 4.60. The summed E-state index contributed by atoms with van der Waals surface area (Å²) in [5.74, 6) is -0.540. The molecule has 0 bridgehead atoms. The van der Waals surface area contributed by atoms with Crippen LogP contribution in [0.1, 0.15) is 26.7 Å². The fourth-order valence-corrected chi connectivity index (χ4v) is 2.39. The molecule has 1 rings (SSSR count). The van der Waals surface area contributed by atoms with Crippen molar-refractivity contribution in [2.75, 3.05) is 18.6 Å². The van der Waals surface area contributed by atoms with E-state index in [9.17, 15) is 18.0 Å². The number of hydrogen-bond donors (Lipinski definition) is 1. The summed E-state index contributed by atoms with van der Waals surface area (Å²) in [6.45, 7) is 3.50. The lowest BCUT2D eigenvalue weighted by atomic mass is 9.96. The fourth-order valence-electron chi connectivity index (χ4n) is 1.88. The maximum atomic E-state index is 12.0. The van der Waals surface area contributed by atoms with Gasteiger partial charge in [-0.3, -0.25) is 9.69 Å². The highest BCUT2D eigenvalue weighted by atomic mass is 32.2. The van der Waals surface area contributed by atoms with Crippen LogP contribution >= 0.6 is 0 Å². The average molecular weight is 262 g/mol. The van der Waals surface area contributed by atoms with Gasteiger partial charge in [0.15, 0.2) is 0 Å². The molecule has 1 fully saturated rings. The number of amides is 3. The molecule has 0 aromatic carbocycles. The Morgan fingerprint density at radius 1 is 1.35 bits per heavy atom. The summed E-state index contributed by atoms with van der Waals surface area (Å²) in [4.78, 5) is 24.6. The molecule has 98 valence electrons. The molecule has 6 nitrogen and oxygen atoms in total. The van der Waals surface area contributed by atoms with Gasteiger partial charge in [0.1, 0.15) is 15.4 Å². The third kappa shape index (κ3) is 3.18. The molecule has 0 aromatic heterocycles. The van der Waals surface area contributed by atoms with Gasteiger partial charge in [-0.25, -0.2) is 13.2 Å². The lowest BCUT2D eigenvalue weighted by Crippen LogP contribution is -2.44. The van der Waals surface area contributed by atoms with Crippen molar-refractivity contribution in [1.82, 2.24) is 10.2 Å². The SMILES string of the molecule is CCCC1(C)NC(=O)N(CCS(C)(=O)=O)C1=O. The summed E-state index contributed by atoms with van der Waals surface area (Å²) in [5, 5.41) is 2.61. The molecular weight excluding hydrogens is 244 g/mol. The van der Waals surface area contributed by atoms with Crippen molar-refractivity contribution < 1.29 is 18.0 Å². The summed E-state index contributed by atoms with van der Waals surface area (Å²) < 4.78 is 22.0. The Labute approximate surface area is 101 Å². The molecule has 0 saturated carbocycles. The van der Waals surface area contributed by atoms with Gasteiger partial charge in [-0.15, -0.1) is 0 Å². The minimum Gasteiger partial charge on any atom is -0.323 e. The Balaban J connectivity index is 2.76. The van der Waals surface area contributed by atoms with Crippen molar-refractivity contribution in [3.63, 3.8) is 0 Å². The molecule has 0 aliphatic carbocycles. The van der Waals surface area contributed by atoms with Crippen LogP contribution in [0.4, 0.5) is 4.79 Å². The Morgan fingerprint density at radius 3 is 2.41 bits per heavy atom. The van der Waals surface area contributed by atoms with E-state index in [-0.39, 0.29) is 18.2 Å². The standard InChI is InChI=1S/C10H18N2O4S/c1-4-5-10(2)8(13)12(9(14)11-10)6-7-17(3,15)16/h4-7H2,1-3H3,(H,11,14). The van der Waals surface area contributed by atoms with Gasteiger partial charge in [0, 0.05) is 12.8 Å². The number of hydrogen-bond acceptors (Lipinski definition) is 4. The number of imide groups is 1. The number of urea groups is 1. The van der Waals surface area contributed by atoms with Gasteiger partial charge in [0.2, 0.25) is 0 Å². The molecule has 17 heavy (non-hydrogen) atoms. The van der Waals surface area contributed by atoms with Crippen molar-refractivity contribution >= 4 is 21.8 Å². The molecule has 7 heteroatoms. The minimum atomic E-state index is -3.18. The minimum absolute atomic E-state index is 0.0806. The van der Waals surface area contributed by atoms with Crippen molar-refractivity contribution in [2.24, 2.45) is 0 Å². The van der Waals surface area contributed by atoms with Gasteiger partial charge in [0.25, 0.3) is 5.91 Å². The highest BCUT2D eigenvalue weighted by Gasteiger charge is 2.46. The van der Waals surface area contributed by atoms with Crippen molar-refractivity contribution in [3.8, 4) is 0 Å². The Hall–Kier alpha value is -1.11. The molecular formula is C10H18N2O4S. The number of carbonyl (C=O) groups excluding carboxylic acids is 2. The van der Waals surface area contributed by atoms with E-state index in [2.05, 4.69) is 5.32 Å². The van der Waals surface area contributed by atoms with E-state index < -0.39 is 21.4 Å². The van der Waals surface area contributed by atoms with Gasteiger partial charge in [-0.2, -0.15) is 0 Å². The topological polar surface area (TPSA) is 83.6 Å². The summed E-state index contributed by atoms with van der Waals surface area (Å²) >= 11 is 0. The molecule has 1 aliphatic rings. The normalized spacial score (nSPS) is 25.2. The van der Waals surface area contributed by atoms with Crippen molar-refractivity contribution in [3.05, 3.63) is 0 Å². The quantitative estimate of drug-likeness (QED) is 0.714. The average Bonchev–Trinajstić information content (AvgIpc) is 2.35. The van der Waals surface area contributed by atoms with Crippen LogP contribution < -0.4 is 5.32 Å². The van der Waals surface area contributed by atoms with E-state index in [0.29, 0.717) is 6.42 Å². The van der Waals surface area contributed by atoms with Crippen LogP contribution in [0, 0.1) is 0 Å². The van der Waals surface area contributed by atoms with Crippen molar-refractivity contribution in [2.45, 2.75) is 32.2 Å². The highest BCUT2D eigenvalue weighted by molar-refractivity contribution is 7.90. The van der Waals surface area contributed by atoms with Gasteiger partial charge < -0.3 is 5.32 Å². The molecule has 0 spiro atoms. The molecule has 1 heterocycles. The number of rotatable bonds is 5. The zero-order valence-corrected chi connectivity index (χ0v) is 11.1. The first-order valence-electron chi connectivity index (χ1n) is 5.51. The molecule has 1 unspecified atom stereocenters. The number of carbonyl (C=O) groups is 2. The highest BCUT2D eigenvalue weighted by Crippen LogP contribution is 2.22. The van der Waals surface area contributed by atoms with E-state index in [1.165, 1.54) is 0 Å². The monoisotopic (exact) mass is 262 g/mol. The van der Waals surface area contributed by atoms with Crippen LogP contribution in [-0.4, -0.2) is 49.3 Å². The second kappa shape index (κ2) is 4.64. The van der Waals surface area contributed by atoms with Crippen LogP contribution in [0.2, 0.25) is 0 Å². The molecule has 0 aromatic rings. The summed E-state index contributed by atoms with van der Waals surface area (Å²) in [6, 6.07) is -0.505. The third-order valence-electron chi connectivity index (χ3n) is 2.78. The van der Waals surface area contributed by atoms with Gasteiger partial charge in [0.05, 0.1) is 5.75 Å². The second-order valence-corrected chi connectivity index (χ2v) is 6.86. The lowest BCUT2D eigenvalue weighted by molar-refractivity contribution is -0.130. The molecule has 1 atom stereocenters. The van der Waals surface area contributed by atoms with Gasteiger partial charge in [-0.1, -0.05) is 13.3 Å². The Morgan fingerprint density at radius 2 is 1.94 bits per heavy atom. The van der Waals surface area contributed by atoms with Crippen LogP contribution in [0.5, 0.6) is 0 Å². The van der Waals surface area contributed by atoms with Crippen LogP contribution in [0.25, 0.3) is 0 Å². The molecule has 3 amide bonds. The largest absolute Gasteiger partial charge is 0.325 e. The molecule has 1 saturated heterocycles. The van der Waals surface area contributed by atoms with E-state index in [4.69, 9.17) is 0 Å². The zero-order valence-electron chi connectivity index (χ0n) is 10.3. The maximum absolute atomic E-state index is 12.0. The van der Waals surface area contributed by atoms with E-state index >= 15 is 0 Å². The predicted molar refractivity (Wildman–Crippen MR) is 63.3 cm³/mol. The van der Waals surface area contributed by atoms with Crippen molar-refractivity contribution in [1.29, 1.82) is 0 Å². The Kier molecular flexibility index (Phi) is 3.81. The molecule has 1 N–H and O–H groups in total. The van der Waals surface area contributed by atoms with E-state index in [1.807, 2.05) is 6.92 Å². The third-order valence-corrected chi connectivity index (χ3v) is 3.70.